The first-order chi connectivity index (χ1) is 6.24. The van der Waals surface area contributed by atoms with E-state index in [0.29, 0.717) is 10.8 Å². The van der Waals surface area contributed by atoms with Gasteiger partial charge in [0.2, 0.25) is 0 Å². The predicted octanol–water partition coefficient (Wildman–Crippen LogP) is 2.99. The maximum absolute atomic E-state index is 6.06. The lowest BCUT2D eigenvalue weighted by Crippen LogP contribution is -1.86. The largest absolute Gasteiger partial charge is 0.494 e. The van der Waals surface area contributed by atoms with Crippen molar-refractivity contribution in [1.82, 2.24) is 10.2 Å². The van der Waals surface area contributed by atoms with Crippen LogP contribution in [0.5, 0.6) is 5.75 Å². The van der Waals surface area contributed by atoms with Crippen LogP contribution in [0.3, 0.4) is 0 Å². The highest BCUT2D eigenvalue weighted by Gasteiger charge is 2.11. The molecule has 0 amide bonds. The normalized spacial score (nSPS) is 10.7. The maximum Gasteiger partial charge on any atom is 0.153 e. The van der Waals surface area contributed by atoms with Gasteiger partial charge in [0.05, 0.1) is 23.3 Å². The minimum Gasteiger partial charge on any atom is -0.494 e. The zero-order valence-electron chi connectivity index (χ0n) is 6.77. The van der Waals surface area contributed by atoms with Crippen LogP contribution >= 0.6 is 27.5 Å². The van der Waals surface area contributed by atoms with E-state index in [1.165, 1.54) is 0 Å². The summed E-state index contributed by atoms with van der Waals surface area (Å²) >= 11 is 9.42. The van der Waals surface area contributed by atoms with E-state index in [4.69, 9.17) is 16.3 Å². The molecule has 3 nitrogen and oxygen atoms in total. The molecule has 2 rings (SSSR count). The first kappa shape index (κ1) is 8.84. The van der Waals surface area contributed by atoms with Gasteiger partial charge in [0.15, 0.2) is 5.75 Å². The second-order valence-electron chi connectivity index (χ2n) is 2.54. The Bertz CT molecular complexity index is 455. The lowest BCUT2D eigenvalue weighted by molar-refractivity contribution is 0.413. The van der Waals surface area contributed by atoms with Crippen LogP contribution in [-0.4, -0.2) is 17.3 Å². The molecule has 1 N–H and O–H groups in total. The molecule has 0 saturated carbocycles. The van der Waals surface area contributed by atoms with Crippen molar-refractivity contribution in [1.29, 1.82) is 0 Å². The number of halogens is 2. The van der Waals surface area contributed by atoms with E-state index in [9.17, 15) is 0 Å². The third-order valence-corrected chi connectivity index (χ3v) is 2.74. The van der Waals surface area contributed by atoms with Gasteiger partial charge in [-0.2, -0.15) is 5.10 Å². The molecular formula is C8H6BrClN2O. The van der Waals surface area contributed by atoms with Crippen molar-refractivity contribution < 1.29 is 4.74 Å². The highest BCUT2D eigenvalue weighted by Crippen LogP contribution is 2.37. The Morgan fingerprint density at radius 3 is 3.08 bits per heavy atom. The molecule has 0 radical (unpaired) electrons. The van der Waals surface area contributed by atoms with Crippen molar-refractivity contribution >= 4 is 38.4 Å². The topological polar surface area (TPSA) is 37.9 Å². The average molecular weight is 262 g/mol. The van der Waals surface area contributed by atoms with E-state index in [2.05, 4.69) is 26.1 Å². The molecule has 0 aliphatic heterocycles. The summed E-state index contributed by atoms with van der Waals surface area (Å²) in [5.41, 5.74) is 0.793. The van der Waals surface area contributed by atoms with Crippen LogP contribution in [0, 0.1) is 0 Å². The molecule has 68 valence electrons. The summed E-state index contributed by atoms with van der Waals surface area (Å²) in [6.07, 6.45) is 1.71. The number of H-pyrrole nitrogens is 1. The fourth-order valence-corrected chi connectivity index (χ4v) is 2.24. The Kier molecular flexibility index (Phi) is 2.17. The van der Waals surface area contributed by atoms with Gasteiger partial charge in [-0.1, -0.05) is 11.6 Å². The number of aromatic amines is 1. The molecule has 0 saturated heterocycles. The van der Waals surface area contributed by atoms with Crippen molar-refractivity contribution in [2.45, 2.75) is 0 Å². The minimum atomic E-state index is 0.546. The maximum atomic E-state index is 6.06. The molecule has 0 aliphatic rings. The van der Waals surface area contributed by atoms with Gasteiger partial charge < -0.3 is 4.74 Å². The van der Waals surface area contributed by atoms with E-state index in [-0.39, 0.29) is 0 Å². The summed E-state index contributed by atoms with van der Waals surface area (Å²) in [6, 6.07) is 1.91. The molecule has 0 unspecified atom stereocenters. The highest BCUT2D eigenvalue weighted by molar-refractivity contribution is 9.10. The van der Waals surface area contributed by atoms with Crippen LogP contribution in [0.2, 0.25) is 5.02 Å². The molecule has 0 atom stereocenters. The number of aromatic nitrogens is 2. The third-order valence-electron chi connectivity index (χ3n) is 1.79. The van der Waals surface area contributed by atoms with Crippen LogP contribution in [-0.2, 0) is 0 Å². The molecule has 5 heteroatoms. The molecule has 0 fully saturated rings. The molecule has 1 heterocycles. The number of nitrogens with zero attached hydrogens (tertiary/aromatic N) is 1. The third kappa shape index (κ3) is 1.30. The number of ether oxygens (including phenoxy) is 1. The average Bonchev–Trinajstić information content (AvgIpc) is 2.53. The lowest BCUT2D eigenvalue weighted by atomic mass is 10.2. The zero-order chi connectivity index (χ0) is 9.42. The van der Waals surface area contributed by atoms with E-state index in [1.54, 1.807) is 13.3 Å². The Morgan fingerprint density at radius 2 is 2.38 bits per heavy atom. The van der Waals surface area contributed by atoms with Crippen molar-refractivity contribution in [3.63, 3.8) is 0 Å². The monoisotopic (exact) mass is 260 g/mol. The molecule has 0 aliphatic carbocycles. The highest BCUT2D eigenvalue weighted by atomic mass is 79.9. The van der Waals surface area contributed by atoms with Gasteiger partial charge in [-0.05, 0) is 22.0 Å². The predicted molar refractivity (Wildman–Crippen MR) is 55.4 cm³/mol. The first-order valence-corrected chi connectivity index (χ1v) is 4.76. The van der Waals surface area contributed by atoms with Gasteiger partial charge in [-0.25, -0.2) is 0 Å². The quantitative estimate of drug-likeness (QED) is 0.857. The molecule has 0 bridgehead atoms. The van der Waals surface area contributed by atoms with E-state index in [0.717, 1.165) is 15.4 Å². The number of methoxy groups -OCH3 is 1. The first-order valence-electron chi connectivity index (χ1n) is 3.59. The zero-order valence-corrected chi connectivity index (χ0v) is 9.11. The molecule has 13 heavy (non-hydrogen) atoms. The Labute approximate surface area is 88.2 Å². The SMILES string of the molecule is COc1c(Br)cc2cn[nH]c2c1Cl. The van der Waals surface area contributed by atoms with Gasteiger partial charge in [-0.3, -0.25) is 5.10 Å². The van der Waals surface area contributed by atoms with E-state index >= 15 is 0 Å². The van der Waals surface area contributed by atoms with Gasteiger partial charge in [0.1, 0.15) is 5.02 Å². The number of benzene rings is 1. The molecule has 1 aromatic heterocycles. The van der Waals surface area contributed by atoms with Gasteiger partial charge in [0, 0.05) is 5.39 Å². The second kappa shape index (κ2) is 3.20. The number of hydrogen-bond donors (Lipinski definition) is 1. The summed E-state index contributed by atoms with van der Waals surface area (Å²) in [5.74, 6) is 0.624. The van der Waals surface area contributed by atoms with Crippen LogP contribution < -0.4 is 4.74 Å². The van der Waals surface area contributed by atoms with Gasteiger partial charge in [-0.15, -0.1) is 0 Å². The van der Waals surface area contributed by atoms with Crippen molar-refractivity contribution in [3.05, 3.63) is 21.8 Å². The van der Waals surface area contributed by atoms with Crippen LogP contribution in [0.25, 0.3) is 10.9 Å². The number of nitrogens with one attached hydrogen (secondary N) is 1. The van der Waals surface area contributed by atoms with Gasteiger partial charge >= 0.3 is 0 Å². The smallest absolute Gasteiger partial charge is 0.153 e. The Hall–Kier alpha value is -0.740. The molecule has 2 aromatic rings. The van der Waals surface area contributed by atoms with E-state index in [1.807, 2.05) is 6.07 Å². The van der Waals surface area contributed by atoms with Crippen molar-refractivity contribution in [2.24, 2.45) is 0 Å². The number of hydrogen-bond acceptors (Lipinski definition) is 2. The number of fused-ring (bicyclic) bond motifs is 1. The van der Waals surface area contributed by atoms with Crippen LogP contribution in [0.1, 0.15) is 0 Å². The summed E-state index contributed by atoms with van der Waals surface area (Å²) < 4.78 is 5.95. The van der Waals surface area contributed by atoms with E-state index < -0.39 is 0 Å². The Balaban J connectivity index is 2.85. The molecule has 1 aromatic carbocycles. The number of rotatable bonds is 1. The summed E-state index contributed by atoms with van der Waals surface area (Å²) in [5, 5.41) is 8.20. The standard InChI is InChI=1S/C8H6BrClN2O/c1-13-8-5(9)2-4-3-11-12-7(4)6(8)10/h2-3H,1H3,(H,11,12). The molecular weight excluding hydrogens is 255 g/mol. The summed E-state index contributed by atoms with van der Waals surface area (Å²) in [4.78, 5) is 0. The fourth-order valence-electron chi connectivity index (χ4n) is 1.19. The van der Waals surface area contributed by atoms with Crippen molar-refractivity contribution in [3.8, 4) is 5.75 Å². The Morgan fingerprint density at radius 1 is 1.62 bits per heavy atom. The second-order valence-corrected chi connectivity index (χ2v) is 3.77. The van der Waals surface area contributed by atoms with Crippen LogP contribution in [0.4, 0.5) is 0 Å². The summed E-state index contributed by atoms with van der Waals surface area (Å²) in [7, 11) is 1.58. The van der Waals surface area contributed by atoms with Gasteiger partial charge in [0.25, 0.3) is 0 Å². The van der Waals surface area contributed by atoms with Crippen molar-refractivity contribution in [2.75, 3.05) is 7.11 Å². The lowest BCUT2D eigenvalue weighted by Gasteiger charge is -2.05. The molecule has 0 spiro atoms. The van der Waals surface area contributed by atoms with Crippen LogP contribution in [0.15, 0.2) is 16.7 Å². The minimum absolute atomic E-state index is 0.546. The fraction of sp³-hybridized carbons (Fsp3) is 0.125. The summed E-state index contributed by atoms with van der Waals surface area (Å²) in [6.45, 7) is 0.